The van der Waals surface area contributed by atoms with Crippen molar-refractivity contribution in [1.82, 2.24) is 4.98 Å². The van der Waals surface area contributed by atoms with Gasteiger partial charge in [-0.15, -0.1) is 12.4 Å². The van der Waals surface area contributed by atoms with Gasteiger partial charge in [0.05, 0.1) is 10.5 Å². The summed E-state index contributed by atoms with van der Waals surface area (Å²) in [5.41, 5.74) is 4.40. The van der Waals surface area contributed by atoms with Crippen LogP contribution in [0.3, 0.4) is 0 Å². The van der Waals surface area contributed by atoms with Crippen molar-refractivity contribution >= 4 is 40.7 Å². The van der Waals surface area contributed by atoms with Crippen LogP contribution in [0, 0.1) is 6.92 Å². The van der Waals surface area contributed by atoms with Crippen molar-refractivity contribution in [2.75, 3.05) is 5.43 Å². The molecule has 0 aliphatic carbocycles. The van der Waals surface area contributed by atoms with Gasteiger partial charge in [-0.25, -0.2) is 10.8 Å². The van der Waals surface area contributed by atoms with Crippen LogP contribution in [0.1, 0.15) is 5.56 Å². The highest BCUT2D eigenvalue weighted by atomic mass is 35.5. The monoisotopic (exact) mass is 243 g/mol. The number of halogens is 2. The SMILES string of the molecule is Cc1cc(NN)nc2c(Cl)cccc12.Cl. The largest absolute Gasteiger partial charge is 0.308 e. The van der Waals surface area contributed by atoms with Gasteiger partial charge < -0.3 is 5.43 Å². The fraction of sp³-hybridized carbons (Fsp3) is 0.100. The van der Waals surface area contributed by atoms with Gasteiger partial charge in [0.2, 0.25) is 0 Å². The minimum absolute atomic E-state index is 0. The Morgan fingerprint density at radius 3 is 2.80 bits per heavy atom. The van der Waals surface area contributed by atoms with Gasteiger partial charge in [0.1, 0.15) is 5.82 Å². The van der Waals surface area contributed by atoms with Crippen molar-refractivity contribution in [3.05, 3.63) is 34.9 Å². The van der Waals surface area contributed by atoms with Crippen molar-refractivity contribution < 1.29 is 0 Å². The lowest BCUT2D eigenvalue weighted by molar-refractivity contribution is 1.25. The van der Waals surface area contributed by atoms with Crippen molar-refractivity contribution in [1.29, 1.82) is 0 Å². The number of para-hydroxylation sites is 1. The van der Waals surface area contributed by atoms with Crippen molar-refractivity contribution in [2.24, 2.45) is 5.84 Å². The third kappa shape index (κ3) is 2.15. The van der Waals surface area contributed by atoms with Crippen LogP contribution in [0.25, 0.3) is 10.9 Å². The van der Waals surface area contributed by atoms with Gasteiger partial charge in [-0.05, 0) is 24.6 Å². The second-order valence-electron chi connectivity index (χ2n) is 3.10. The molecular weight excluding hydrogens is 233 g/mol. The second-order valence-corrected chi connectivity index (χ2v) is 3.51. The van der Waals surface area contributed by atoms with E-state index in [-0.39, 0.29) is 12.4 Å². The molecule has 0 spiro atoms. The first kappa shape index (κ1) is 12.0. The zero-order valence-corrected chi connectivity index (χ0v) is 9.69. The zero-order valence-electron chi connectivity index (χ0n) is 8.12. The number of rotatable bonds is 1. The molecule has 0 atom stereocenters. The number of nitrogens with zero attached hydrogens (tertiary/aromatic N) is 1. The average molecular weight is 244 g/mol. The summed E-state index contributed by atoms with van der Waals surface area (Å²) >= 11 is 6.03. The van der Waals surface area contributed by atoms with Crippen LogP contribution in [-0.2, 0) is 0 Å². The lowest BCUT2D eigenvalue weighted by Crippen LogP contribution is -2.08. The highest BCUT2D eigenvalue weighted by molar-refractivity contribution is 6.35. The molecule has 80 valence electrons. The van der Waals surface area contributed by atoms with E-state index in [1.165, 1.54) is 0 Å². The summed E-state index contributed by atoms with van der Waals surface area (Å²) in [5, 5.41) is 1.69. The topological polar surface area (TPSA) is 50.9 Å². The van der Waals surface area contributed by atoms with E-state index in [4.69, 9.17) is 17.4 Å². The summed E-state index contributed by atoms with van der Waals surface area (Å²) in [4.78, 5) is 4.29. The number of hydrogen-bond acceptors (Lipinski definition) is 3. The van der Waals surface area contributed by atoms with Crippen LogP contribution < -0.4 is 11.3 Å². The van der Waals surface area contributed by atoms with Crippen LogP contribution in [-0.4, -0.2) is 4.98 Å². The molecule has 0 radical (unpaired) electrons. The Hall–Kier alpha value is -1.03. The average Bonchev–Trinajstić information content (AvgIpc) is 2.19. The van der Waals surface area contributed by atoms with Crippen LogP contribution in [0.15, 0.2) is 24.3 Å². The molecule has 0 amide bonds. The molecule has 5 heteroatoms. The van der Waals surface area contributed by atoms with E-state index in [0.29, 0.717) is 10.8 Å². The van der Waals surface area contributed by atoms with E-state index in [1.54, 1.807) is 0 Å². The van der Waals surface area contributed by atoms with Crippen LogP contribution >= 0.6 is 24.0 Å². The molecule has 0 bridgehead atoms. The smallest absolute Gasteiger partial charge is 0.140 e. The van der Waals surface area contributed by atoms with E-state index in [2.05, 4.69) is 10.4 Å². The highest BCUT2D eigenvalue weighted by Gasteiger charge is 2.04. The van der Waals surface area contributed by atoms with Crippen LogP contribution in [0.2, 0.25) is 5.02 Å². The van der Waals surface area contributed by atoms with Gasteiger partial charge in [0, 0.05) is 5.39 Å². The number of pyridine rings is 1. The highest BCUT2D eigenvalue weighted by Crippen LogP contribution is 2.25. The maximum Gasteiger partial charge on any atom is 0.140 e. The Morgan fingerprint density at radius 1 is 1.40 bits per heavy atom. The summed E-state index contributed by atoms with van der Waals surface area (Å²) in [6.45, 7) is 2.00. The number of aryl methyl sites for hydroxylation is 1. The van der Waals surface area contributed by atoms with Gasteiger partial charge in [0.25, 0.3) is 0 Å². The Bertz CT molecular complexity index is 485. The molecule has 1 aromatic carbocycles. The molecule has 1 heterocycles. The lowest BCUT2D eigenvalue weighted by atomic mass is 10.1. The first-order valence-corrected chi connectivity index (χ1v) is 4.62. The lowest BCUT2D eigenvalue weighted by Gasteiger charge is -2.06. The Labute approximate surface area is 99.0 Å². The number of fused-ring (bicyclic) bond motifs is 1. The molecule has 0 saturated carbocycles. The molecule has 3 nitrogen and oxygen atoms in total. The molecule has 0 aliphatic rings. The van der Waals surface area contributed by atoms with Gasteiger partial charge in [-0.3, -0.25) is 0 Å². The zero-order chi connectivity index (χ0) is 10.1. The number of nitrogen functional groups attached to an aromatic ring is 1. The van der Waals surface area contributed by atoms with Crippen LogP contribution in [0.4, 0.5) is 5.82 Å². The first-order chi connectivity index (χ1) is 6.72. The minimum Gasteiger partial charge on any atom is -0.308 e. The molecule has 0 fully saturated rings. The van der Waals surface area contributed by atoms with E-state index < -0.39 is 0 Å². The molecule has 0 aliphatic heterocycles. The number of anilines is 1. The number of aromatic nitrogens is 1. The first-order valence-electron chi connectivity index (χ1n) is 4.25. The Kier molecular flexibility index (Phi) is 3.74. The number of hydrazine groups is 1. The molecular formula is C10H11Cl2N3. The second kappa shape index (κ2) is 4.66. The fourth-order valence-electron chi connectivity index (χ4n) is 1.46. The number of benzene rings is 1. The summed E-state index contributed by atoms with van der Waals surface area (Å²) in [5.74, 6) is 5.93. The van der Waals surface area contributed by atoms with Gasteiger partial charge in [-0.2, -0.15) is 0 Å². The van der Waals surface area contributed by atoms with Gasteiger partial charge in [0.15, 0.2) is 0 Å². The summed E-state index contributed by atoms with van der Waals surface area (Å²) in [7, 11) is 0. The maximum absolute atomic E-state index is 6.03. The van der Waals surface area contributed by atoms with E-state index >= 15 is 0 Å². The number of hydrogen-bond donors (Lipinski definition) is 2. The van der Waals surface area contributed by atoms with Gasteiger partial charge >= 0.3 is 0 Å². The third-order valence-electron chi connectivity index (χ3n) is 2.14. The molecule has 2 rings (SSSR count). The van der Waals surface area contributed by atoms with Crippen molar-refractivity contribution in [3.8, 4) is 0 Å². The molecule has 3 N–H and O–H groups in total. The van der Waals surface area contributed by atoms with Crippen molar-refractivity contribution in [2.45, 2.75) is 6.92 Å². The normalized spacial score (nSPS) is 9.80. The Balaban J connectivity index is 0.00000112. The number of nitrogens with two attached hydrogens (primary N) is 1. The molecule has 1 aromatic heterocycles. The van der Waals surface area contributed by atoms with Crippen LogP contribution in [0.5, 0.6) is 0 Å². The minimum atomic E-state index is 0. The maximum atomic E-state index is 6.03. The fourth-order valence-corrected chi connectivity index (χ4v) is 1.67. The molecule has 15 heavy (non-hydrogen) atoms. The predicted molar refractivity (Wildman–Crippen MR) is 66.5 cm³/mol. The molecule has 2 aromatic rings. The van der Waals surface area contributed by atoms with E-state index in [1.807, 2.05) is 31.2 Å². The Morgan fingerprint density at radius 2 is 2.13 bits per heavy atom. The molecule has 0 unspecified atom stereocenters. The third-order valence-corrected chi connectivity index (χ3v) is 2.45. The van der Waals surface area contributed by atoms with E-state index in [0.717, 1.165) is 16.5 Å². The predicted octanol–water partition coefficient (Wildman–Crippen LogP) is 2.90. The number of nitrogens with one attached hydrogen (secondary N) is 1. The van der Waals surface area contributed by atoms with Crippen molar-refractivity contribution in [3.63, 3.8) is 0 Å². The standard InChI is InChI=1S/C10H10ClN3.ClH/c1-6-5-9(14-12)13-10-7(6)3-2-4-8(10)11;/h2-5H,12H2,1H3,(H,13,14);1H. The summed E-state index contributed by atoms with van der Waals surface area (Å²) in [6, 6.07) is 7.61. The van der Waals surface area contributed by atoms with E-state index in [9.17, 15) is 0 Å². The quantitative estimate of drug-likeness (QED) is 0.599. The molecule has 0 saturated heterocycles. The summed E-state index contributed by atoms with van der Waals surface area (Å²) in [6.07, 6.45) is 0. The van der Waals surface area contributed by atoms with Gasteiger partial charge in [-0.1, -0.05) is 23.7 Å². The summed E-state index contributed by atoms with van der Waals surface area (Å²) < 4.78 is 0.